The summed E-state index contributed by atoms with van der Waals surface area (Å²) in [7, 11) is 0. The van der Waals surface area contributed by atoms with Crippen LogP contribution < -0.4 is 10.6 Å². The van der Waals surface area contributed by atoms with Crippen LogP contribution >= 0.6 is 12.2 Å². The Hall–Kier alpha value is -1.95. The molecule has 19 heavy (non-hydrogen) atoms. The predicted molar refractivity (Wildman–Crippen MR) is 81.5 cm³/mol. The van der Waals surface area contributed by atoms with E-state index < -0.39 is 11.7 Å². The highest BCUT2D eigenvalue weighted by Crippen LogP contribution is 2.20. The molecule has 1 amide bonds. The van der Waals surface area contributed by atoms with Gasteiger partial charge in [0.25, 0.3) is 0 Å². The van der Waals surface area contributed by atoms with Crippen LogP contribution in [0.25, 0.3) is 0 Å². The molecule has 0 saturated carbocycles. The molecule has 1 aromatic carbocycles. The number of nitrogens with one attached hydrogen (secondary N) is 3. The van der Waals surface area contributed by atoms with Crippen LogP contribution in [0.1, 0.15) is 26.3 Å². The average molecular weight is 279 g/mol. The standard InChI is InChI=1S/C13H17N3O2S/c1-13(2,3)18-12(17)16-11-5-4-10(15-8-19)6-9(11)7-14/h4-8,14H,1-3H3,(H,15,19)(H,16,17). The monoisotopic (exact) mass is 279 g/mol. The molecule has 5 nitrogen and oxygen atoms in total. The van der Waals surface area contributed by atoms with Crippen molar-refractivity contribution in [3.63, 3.8) is 0 Å². The van der Waals surface area contributed by atoms with Crippen LogP contribution in [0.15, 0.2) is 18.2 Å². The molecule has 0 fully saturated rings. The Morgan fingerprint density at radius 3 is 2.63 bits per heavy atom. The van der Waals surface area contributed by atoms with E-state index in [1.807, 2.05) is 0 Å². The van der Waals surface area contributed by atoms with E-state index in [4.69, 9.17) is 22.4 Å². The van der Waals surface area contributed by atoms with E-state index in [-0.39, 0.29) is 0 Å². The molecule has 102 valence electrons. The van der Waals surface area contributed by atoms with Gasteiger partial charge in [0.2, 0.25) is 0 Å². The molecule has 0 spiro atoms. The number of carbonyl (C=O) groups excluding carboxylic acids is 1. The Morgan fingerprint density at radius 1 is 1.42 bits per heavy atom. The minimum absolute atomic E-state index is 0.513. The molecule has 1 rings (SSSR count). The van der Waals surface area contributed by atoms with E-state index >= 15 is 0 Å². The largest absolute Gasteiger partial charge is 0.444 e. The number of ether oxygens (including phenoxy) is 1. The van der Waals surface area contributed by atoms with Crippen molar-refractivity contribution in [3.8, 4) is 0 Å². The molecule has 0 heterocycles. The maximum Gasteiger partial charge on any atom is 0.412 e. The average Bonchev–Trinajstić information content (AvgIpc) is 2.29. The van der Waals surface area contributed by atoms with Gasteiger partial charge < -0.3 is 15.5 Å². The Labute approximate surface area is 117 Å². The number of benzene rings is 1. The van der Waals surface area contributed by atoms with Gasteiger partial charge >= 0.3 is 6.09 Å². The number of thiocarbonyl (C=S) groups is 1. The van der Waals surface area contributed by atoms with E-state index in [2.05, 4.69) is 10.6 Å². The highest BCUT2D eigenvalue weighted by molar-refractivity contribution is 7.79. The first-order valence-electron chi connectivity index (χ1n) is 5.70. The van der Waals surface area contributed by atoms with Gasteiger partial charge in [-0.05, 0) is 39.0 Å². The van der Waals surface area contributed by atoms with Gasteiger partial charge in [0.1, 0.15) is 5.60 Å². The molecule has 0 atom stereocenters. The summed E-state index contributed by atoms with van der Waals surface area (Å²) in [6.07, 6.45) is 0.604. The van der Waals surface area contributed by atoms with E-state index in [0.717, 1.165) is 11.9 Å². The number of rotatable bonds is 4. The zero-order chi connectivity index (χ0) is 14.5. The van der Waals surface area contributed by atoms with Crippen LogP contribution in [-0.4, -0.2) is 23.4 Å². The number of hydrogen-bond acceptors (Lipinski definition) is 4. The lowest BCUT2D eigenvalue weighted by atomic mass is 10.1. The third-order valence-corrected chi connectivity index (χ3v) is 2.19. The van der Waals surface area contributed by atoms with Crippen LogP contribution in [0.2, 0.25) is 0 Å². The summed E-state index contributed by atoms with van der Waals surface area (Å²) in [4.78, 5) is 11.7. The predicted octanol–water partition coefficient (Wildman–Crippen LogP) is 3.40. The van der Waals surface area contributed by atoms with Crippen molar-refractivity contribution in [2.45, 2.75) is 26.4 Å². The van der Waals surface area contributed by atoms with Gasteiger partial charge in [-0.25, -0.2) is 4.79 Å². The van der Waals surface area contributed by atoms with E-state index in [1.54, 1.807) is 39.0 Å². The molecule has 0 bridgehead atoms. The topological polar surface area (TPSA) is 74.2 Å². The van der Waals surface area contributed by atoms with Crippen LogP contribution in [-0.2, 0) is 4.74 Å². The normalized spacial score (nSPS) is 10.5. The van der Waals surface area contributed by atoms with Crippen molar-refractivity contribution in [2.75, 3.05) is 10.6 Å². The lowest BCUT2D eigenvalue weighted by Gasteiger charge is -2.20. The second kappa shape index (κ2) is 6.29. The summed E-state index contributed by atoms with van der Waals surface area (Å²) in [5.41, 5.74) is 2.65. The number of hydrogen-bond donors (Lipinski definition) is 3. The molecular weight excluding hydrogens is 262 g/mol. The fraction of sp³-hybridized carbons (Fsp3) is 0.308. The fourth-order valence-electron chi connectivity index (χ4n) is 1.37. The van der Waals surface area contributed by atoms with Gasteiger partial charge in [0.15, 0.2) is 0 Å². The summed E-state index contributed by atoms with van der Waals surface area (Å²) in [5, 5.41) is 12.8. The molecule has 0 aliphatic carbocycles. The summed E-state index contributed by atoms with van der Waals surface area (Å²) in [6, 6.07) is 5.15. The molecule has 0 aliphatic heterocycles. The third-order valence-electron chi connectivity index (χ3n) is 2.07. The van der Waals surface area contributed by atoms with Gasteiger partial charge in [-0.3, -0.25) is 5.32 Å². The van der Waals surface area contributed by atoms with Crippen LogP contribution in [0.4, 0.5) is 16.2 Å². The van der Waals surface area contributed by atoms with Gasteiger partial charge in [0, 0.05) is 17.5 Å². The van der Waals surface area contributed by atoms with Crippen molar-refractivity contribution in [1.29, 1.82) is 5.41 Å². The maximum atomic E-state index is 11.7. The Balaban J connectivity index is 2.86. The van der Waals surface area contributed by atoms with Crippen molar-refractivity contribution in [3.05, 3.63) is 23.8 Å². The van der Waals surface area contributed by atoms with E-state index in [9.17, 15) is 4.79 Å². The Morgan fingerprint density at radius 2 is 2.11 bits per heavy atom. The van der Waals surface area contributed by atoms with Gasteiger partial charge in [-0.15, -0.1) is 0 Å². The van der Waals surface area contributed by atoms with Crippen molar-refractivity contribution in [1.82, 2.24) is 0 Å². The van der Waals surface area contributed by atoms with Crippen LogP contribution in [0, 0.1) is 5.41 Å². The van der Waals surface area contributed by atoms with Gasteiger partial charge in [-0.1, -0.05) is 12.2 Å². The van der Waals surface area contributed by atoms with Crippen LogP contribution in [0.3, 0.4) is 0 Å². The summed E-state index contributed by atoms with van der Waals surface area (Å²) in [5.74, 6) is 0. The van der Waals surface area contributed by atoms with Gasteiger partial charge in [-0.2, -0.15) is 0 Å². The molecular formula is C13H17N3O2S. The molecule has 0 aromatic heterocycles. The molecule has 0 aliphatic rings. The molecule has 0 radical (unpaired) electrons. The first-order valence-corrected chi connectivity index (χ1v) is 6.17. The summed E-state index contributed by atoms with van der Waals surface area (Å²) < 4.78 is 5.16. The zero-order valence-corrected chi connectivity index (χ0v) is 11.9. The van der Waals surface area contributed by atoms with Crippen molar-refractivity contribution in [2.24, 2.45) is 0 Å². The fourth-order valence-corrected chi connectivity index (χ4v) is 1.50. The maximum absolute atomic E-state index is 11.7. The summed E-state index contributed by atoms with van der Waals surface area (Å²) in [6.45, 7) is 5.36. The molecule has 1 aromatic rings. The molecule has 0 unspecified atom stereocenters. The first kappa shape index (κ1) is 15.1. The van der Waals surface area contributed by atoms with Crippen LogP contribution in [0.5, 0.6) is 0 Å². The number of anilines is 2. The SMILES string of the molecule is CC(C)(C)OC(=O)Nc1ccc(NC=S)cc1C=N. The lowest BCUT2D eigenvalue weighted by molar-refractivity contribution is 0.0636. The van der Waals surface area contributed by atoms with E-state index in [1.165, 1.54) is 5.49 Å². The highest BCUT2D eigenvalue weighted by Gasteiger charge is 2.17. The first-order chi connectivity index (χ1) is 8.85. The zero-order valence-electron chi connectivity index (χ0n) is 11.1. The van der Waals surface area contributed by atoms with Crippen molar-refractivity contribution >= 4 is 41.4 Å². The second-order valence-corrected chi connectivity index (χ2v) is 5.07. The number of carbonyl (C=O) groups is 1. The Kier molecular flexibility index (Phi) is 5.00. The number of amides is 1. The third kappa shape index (κ3) is 5.05. The molecule has 3 N–H and O–H groups in total. The lowest BCUT2D eigenvalue weighted by Crippen LogP contribution is -2.27. The Bertz CT molecular complexity index is 495. The summed E-state index contributed by atoms with van der Waals surface area (Å²) >= 11 is 4.69. The molecule has 0 saturated heterocycles. The molecule has 6 heteroatoms. The smallest absolute Gasteiger partial charge is 0.412 e. The second-order valence-electron chi connectivity index (χ2n) is 4.84. The quantitative estimate of drug-likeness (QED) is 0.583. The minimum Gasteiger partial charge on any atom is -0.444 e. The van der Waals surface area contributed by atoms with Gasteiger partial charge in [0.05, 0.1) is 11.2 Å². The van der Waals surface area contributed by atoms with E-state index in [0.29, 0.717) is 11.3 Å². The van der Waals surface area contributed by atoms with Crippen molar-refractivity contribution < 1.29 is 9.53 Å². The minimum atomic E-state index is -0.562. The highest BCUT2D eigenvalue weighted by atomic mass is 32.1.